The van der Waals surface area contributed by atoms with Crippen molar-refractivity contribution < 1.29 is 14.6 Å². The van der Waals surface area contributed by atoms with Gasteiger partial charge >= 0.3 is 0 Å². The maximum Gasteiger partial charge on any atom is 0.253 e. The molecule has 13 heavy (non-hydrogen) atoms. The number of hydrogen-bond acceptors (Lipinski definition) is 3. The van der Waals surface area contributed by atoms with Crippen molar-refractivity contribution in [2.45, 2.75) is 0 Å². The molecule has 70 valence electrons. The average Bonchev–Trinajstić information content (AvgIpc) is 2.18. The fourth-order valence-electron chi connectivity index (χ4n) is 0.938. The third-order valence-corrected chi connectivity index (χ3v) is 1.57. The van der Waals surface area contributed by atoms with Gasteiger partial charge in [0.25, 0.3) is 5.91 Å². The molecule has 0 aliphatic carbocycles. The SMILES string of the molecule is COc1cccc(C(=O)NCO)c1. The fraction of sp³-hybridized carbons (Fsp3) is 0.222. The first-order valence-electron chi connectivity index (χ1n) is 3.81. The number of aliphatic hydroxyl groups is 1. The summed E-state index contributed by atoms with van der Waals surface area (Å²) >= 11 is 0. The van der Waals surface area contributed by atoms with Crippen LogP contribution in [0.1, 0.15) is 10.4 Å². The van der Waals surface area contributed by atoms with E-state index in [0.29, 0.717) is 11.3 Å². The van der Waals surface area contributed by atoms with Crippen LogP contribution in [0.4, 0.5) is 0 Å². The number of nitrogens with one attached hydrogen (secondary N) is 1. The Hall–Kier alpha value is -1.55. The summed E-state index contributed by atoms with van der Waals surface area (Å²) in [5.74, 6) is 0.298. The van der Waals surface area contributed by atoms with E-state index in [1.807, 2.05) is 0 Å². The summed E-state index contributed by atoms with van der Waals surface area (Å²) in [6, 6.07) is 6.71. The summed E-state index contributed by atoms with van der Waals surface area (Å²) in [5.41, 5.74) is 0.466. The molecule has 0 atom stereocenters. The highest BCUT2D eigenvalue weighted by atomic mass is 16.5. The van der Waals surface area contributed by atoms with Gasteiger partial charge in [0.1, 0.15) is 12.5 Å². The van der Waals surface area contributed by atoms with Gasteiger partial charge in [0.05, 0.1) is 7.11 Å². The Balaban J connectivity index is 2.82. The second-order valence-electron chi connectivity index (χ2n) is 2.40. The normalized spacial score (nSPS) is 9.38. The largest absolute Gasteiger partial charge is 0.497 e. The maximum atomic E-state index is 11.2. The number of amides is 1. The standard InChI is InChI=1S/C9H11NO3/c1-13-8-4-2-3-7(5-8)9(12)10-6-11/h2-5,11H,6H2,1H3,(H,10,12). The quantitative estimate of drug-likeness (QED) is 0.662. The molecule has 1 aromatic rings. The summed E-state index contributed by atoms with van der Waals surface area (Å²) < 4.78 is 4.94. The predicted molar refractivity (Wildman–Crippen MR) is 47.5 cm³/mol. The van der Waals surface area contributed by atoms with Crippen LogP contribution >= 0.6 is 0 Å². The second kappa shape index (κ2) is 4.47. The zero-order chi connectivity index (χ0) is 9.68. The molecular formula is C9H11NO3. The zero-order valence-electron chi connectivity index (χ0n) is 7.28. The Labute approximate surface area is 76.1 Å². The van der Waals surface area contributed by atoms with E-state index in [0.717, 1.165) is 0 Å². The Morgan fingerprint density at radius 2 is 2.38 bits per heavy atom. The van der Waals surface area contributed by atoms with Gasteiger partial charge in [0, 0.05) is 5.56 Å². The summed E-state index contributed by atoms with van der Waals surface area (Å²) in [4.78, 5) is 11.2. The molecule has 0 radical (unpaired) electrons. The van der Waals surface area contributed by atoms with Crippen molar-refractivity contribution in [1.29, 1.82) is 0 Å². The lowest BCUT2D eigenvalue weighted by atomic mass is 10.2. The maximum absolute atomic E-state index is 11.2. The van der Waals surface area contributed by atoms with Crippen molar-refractivity contribution in [2.24, 2.45) is 0 Å². The molecule has 0 fully saturated rings. The summed E-state index contributed by atoms with van der Waals surface area (Å²) in [5, 5.41) is 10.7. The zero-order valence-corrected chi connectivity index (χ0v) is 7.28. The first-order chi connectivity index (χ1) is 6.27. The summed E-state index contributed by atoms with van der Waals surface area (Å²) in [7, 11) is 1.53. The number of methoxy groups -OCH3 is 1. The summed E-state index contributed by atoms with van der Waals surface area (Å²) in [6.07, 6.45) is 0. The Morgan fingerprint density at radius 3 is 3.00 bits per heavy atom. The van der Waals surface area contributed by atoms with E-state index in [1.165, 1.54) is 7.11 Å². The molecule has 0 aliphatic heterocycles. The Kier molecular flexibility index (Phi) is 3.28. The van der Waals surface area contributed by atoms with E-state index in [4.69, 9.17) is 9.84 Å². The second-order valence-corrected chi connectivity index (χ2v) is 2.40. The van der Waals surface area contributed by atoms with E-state index in [9.17, 15) is 4.79 Å². The van der Waals surface area contributed by atoms with E-state index >= 15 is 0 Å². The van der Waals surface area contributed by atoms with Crippen LogP contribution in [0, 0.1) is 0 Å². The molecule has 0 spiro atoms. The lowest BCUT2D eigenvalue weighted by molar-refractivity contribution is 0.0910. The van der Waals surface area contributed by atoms with Crippen LogP contribution in [-0.4, -0.2) is 24.9 Å². The number of ether oxygens (including phenoxy) is 1. The highest BCUT2D eigenvalue weighted by Crippen LogP contribution is 2.11. The summed E-state index contributed by atoms with van der Waals surface area (Å²) in [6.45, 7) is -0.365. The fourth-order valence-corrected chi connectivity index (χ4v) is 0.938. The lowest BCUT2D eigenvalue weighted by Gasteiger charge is -2.03. The number of hydrogen-bond donors (Lipinski definition) is 2. The van der Waals surface area contributed by atoms with Crippen LogP contribution in [-0.2, 0) is 0 Å². The van der Waals surface area contributed by atoms with Gasteiger partial charge in [-0.1, -0.05) is 6.07 Å². The Morgan fingerprint density at radius 1 is 1.62 bits per heavy atom. The van der Waals surface area contributed by atoms with Crippen molar-refractivity contribution in [3.63, 3.8) is 0 Å². The molecule has 0 aromatic heterocycles. The third kappa shape index (κ3) is 2.45. The molecule has 1 aromatic carbocycles. The number of carbonyl (C=O) groups is 1. The van der Waals surface area contributed by atoms with Gasteiger partial charge in [-0.05, 0) is 18.2 Å². The van der Waals surface area contributed by atoms with E-state index in [2.05, 4.69) is 5.32 Å². The lowest BCUT2D eigenvalue weighted by Crippen LogP contribution is -2.23. The first kappa shape index (κ1) is 9.54. The van der Waals surface area contributed by atoms with Gasteiger partial charge in [-0.15, -0.1) is 0 Å². The van der Waals surface area contributed by atoms with Crippen LogP contribution < -0.4 is 10.1 Å². The van der Waals surface area contributed by atoms with Gasteiger partial charge < -0.3 is 15.2 Å². The number of rotatable bonds is 3. The average molecular weight is 181 g/mol. The van der Waals surface area contributed by atoms with Crippen LogP contribution in [0.25, 0.3) is 0 Å². The van der Waals surface area contributed by atoms with Crippen molar-refractivity contribution in [3.8, 4) is 5.75 Å². The minimum absolute atomic E-state index is 0.318. The van der Waals surface area contributed by atoms with Crippen LogP contribution in [0.2, 0.25) is 0 Å². The van der Waals surface area contributed by atoms with E-state index < -0.39 is 0 Å². The highest BCUT2D eigenvalue weighted by Gasteiger charge is 2.04. The van der Waals surface area contributed by atoms with Crippen molar-refractivity contribution in [1.82, 2.24) is 5.32 Å². The monoisotopic (exact) mass is 181 g/mol. The topological polar surface area (TPSA) is 58.6 Å². The molecule has 0 aliphatic rings. The van der Waals surface area contributed by atoms with Crippen molar-refractivity contribution in [2.75, 3.05) is 13.8 Å². The van der Waals surface area contributed by atoms with Crippen LogP contribution in [0.15, 0.2) is 24.3 Å². The van der Waals surface area contributed by atoms with Crippen molar-refractivity contribution in [3.05, 3.63) is 29.8 Å². The van der Waals surface area contributed by atoms with Gasteiger partial charge in [-0.3, -0.25) is 4.79 Å². The molecule has 2 N–H and O–H groups in total. The number of benzene rings is 1. The molecule has 1 rings (SSSR count). The molecule has 0 unspecified atom stereocenters. The smallest absolute Gasteiger partial charge is 0.253 e. The van der Waals surface area contributed by atoms with Gasteiger partial charge in [-0.2, -0.15) is 0 Å². The molecule has 0 bridgehead atoms. The van der Waals surface area contributed by atoms with Crippen LogP contribution in [0.5, 0.6) is 5.75 Å². The van der Waals surface area contributed by atoms with Gasteiger partial charge in [-0.25, -0.2) is 0 Å². The number of aliphatic hydroxyl groups excluding tert-OH is 1. The minimum Gasteiger partial charge on any atom is -0.497 e. The van der Waals surface area contributed by atoms with Gasteiger partial charge in [0.2, 0.25) is 0 Å². The molecule has 4 nitrogen and oxygen atoms in total. The molecule has 0 heterocycles. The van der Waals surface area contributed by atoms with Gasteiger partial charge in [0.15, 0.2) is 0 Å². The third-order valence-electron chi connectivity index (χ3n) is 1.57. The molecule has 0 saturated carbocycles. The Bertz CT molecular complexity index is 299. The van der Waals surface area contributed by atoms with E-state index in [1.54, 1.807) is 24.3 Å². The van der Waals surface area contributed by atoms with Crippen LogP contribution in [0.3, 0.4) is 0 Å². The number of carbonyl (C=O) groups excluding carboxylic acids is 1. The molecule has 0 saturated heterocycles. The van der Waals surface area contributed by atoms with Crippen molar-refractivity contribution >= 4 is 5.91 Å². The highest BCUT2D eigenvalue weighted by molar-refractivity contribution is 5.94. The molecule has 1 amide bonds. The first-order valence-corrected chi connectivity index (χ1v) is 3.81. The molecule has 4 heteroatoms. The minimum atomic E-state index is -0.365. The van der Waals surface area contributed by atoms with E-state index in [-0.39, 0.29) is 12.6 Å². The predicted octanol–water partition coefficient (Wildman–Crippen LogP) is 0.375. The molecular weight excluding hydrogens is 170 g/mol.